The van der Waals surface area contributed by atoms with Gasteiger partial charge in [0.1, 0.15) is 0 Å². The van der Waals surface area contributed by atoms with Crippen molar-refractivity contribution < 1.29 is 13.9 Å². The van der Waals surface area contributed by atoms with Crippen LogP contribution in [0.5, 0.6) is 0 Å². The summed E-state index contributed by atoms with van der Waals surface area (Å²) in [6, 6.07) is 13.8. The minimum Gasteiger partial charge on any atom is -0.412 e. The zero-order valence-corrected chi connectivity index (χ0v) is 11.2. The van der Waals surface area contributed by atoms with E-state index in [1.165, 1.54) is 0 Å². The Morgan fingerprint density at radius 3 is 1.22 bits per heavy atom. The van der Waals surface area contributed by atoms with Crippen molar-refractivity contribution in [3.8, 4) is 0 Å². The molecule has 2 N–H and O–H groups in total. The first kappa shape index (κ1) is 14.4. The van der Waals surface area contributed by atoms with Crippen molar-refractivity contribution in [3.63, 3.8) is 0 Å². The minimum absolute atomic E-state index is 0. The maximum atomic E-state index is 12.3. The number of hydrogen-bond acceptors (Lipinski definition) is 2. The molecule has 2 aromatic rings. The van der Waals surface area contributed by atoms with Crippen molar-refractivity contribution in [2.75, 3.05) is 0 Å². The quantitative estimate of drug-likeness (QED) is 0.835. The molecule has 96 valence electrons. The molecule has 2 aromatic carbocycles. The van der Waals surface area contributed by atoms with Crippen LogP contribution in [0, 0.1) is 13.8 Å². The van der Waals surface area contributed by atoms with E-state index in [0.29, 0.717) is 9.79 Å². The highest BCUT2D eigenvalue weighted by Crippen LogP contribution is 2.21. The van der Waals surface area contributed by atoms with Gasteiger partial charge in [-0.15, -0.1) is 0 Å². The fourth-order valence-corrected chi connectivity index (χ4v) is 2.83. The maximum absolute atomic E-state index is 12.3. The second-order valence-electron chi connectivity index (χ2n) is 4.13. The largest absolute Gasteiger partial charge is 0.412 e. The second-order valence-corrected chi connectivity index (χ2v) is 6.08. The van der Waals surface area contributed by atoms with Crippen molar-refractivity contribution in [2.45, 2.75) is 23.6 Å². The molecule has 0 fully saturated rings. The third kappa shape index (κ3) is 2.78. The Bertz CT molecular complexity index is 560. The van der Waals surface area contributed by atoms with E-state index in [1.54, 1.807) is 48.5 Å². The van der Waals surface area contributed by atoms with Crippen molar-refractivity contribution >= 4 is 9.84 Å². The molecule has 18 heavy (non-hydrogen) atoms. The number of sulfone groups is 1. The van der Waals surface area contributed by atoms with E-state index in [9.17, 15) is 8.42 Å². The number of rotatable bonds is 2. The van der Waals surface area contributed by atoms with E-state index in [1.807, 2.05) is 13.8 Å². The molecule has 0 unspecified atom stereocenters. The molecule has 0 atom stereocenters. The molecule has 0 radical (unpaired) electrons. The summed E-state index contributed by atoms with van der Waals surface area (Å²) < 4.78 is 24.5. The average molecular weight is 264 g/mol. The first-order valence-corrected chi connectivity index (χ1v) is 6.87. The van der Waals surface area contributed by atoms with Gasteiger partial charge in [0.15, 0.2) is 0 Å². The Kier molecular flexibility index (Phi) is 4.27. The van der Waals surface area contributed by atoms with Crippen LogP contribution in [0.4, 0.5) is 0 Å². The van der Waals surface area contributed by atoms with Gasteiger partial charge in [-0.2, -0.15) is 0 Å². The Morgan fingerprint density at radius 2 is 0.944 bits per heavy atom. The molecule has 4 heteroatoms. The van der Waals surface area contributed by atoms with Crippen LogP contribution in [0.15, 0.2) is 58.3 Å². The van der Waals surface area contributed by atoms with Crippen LogP contribution in [-0.4, -0.2) is 13.9 Å². The van der Waals surface area contributed by atoms with Gasteiger partial charge in [-0.1, -0.05) is 35.4 Å². The lowest BCUT2D eigenvalue weighted by Crippen LogP contribution is -2.01. The van der Waals surface area contributed by atoms with Crippen LogP contribution in [0.25, 0.3) is 0 Å². The van der Waals surface area contributed by atoms with E-state index >= 15 is 0 Å². The normalized spacial score (nSPS) is 10.8. The first-order valence-electron chi connectivity index (χ1n) is 5.38. The van der Waals surface area contributed by atoms with Crippen LogP contribution in [0.1, 0.15) is 11.1 Å². The summed E-state index contributed by atoms with van der Waals surface area (Å²) in [5.41, 5.74) is 2.10. The molecule has 0 heterocycles. The predicted molar refractivity (Wildman–Crippen MR) is 71.4 cm³/mol. The van der Waals surface area contributed by atoms with Gasteiger partial charge in [-0.3, -0.25) is 0 Å². The Hall–Kier alpha value is -1.65. The van der Waals surface area contributed by atoms with Crippen LogP contribution < -0.4 is 0 Å². The van der Waals surface area contributed by atoms with Crippen LogP contribution >= 0.6 is 0 Å². The fraction of sp³-hybridized carbons (Fsp3) is 0.143. The highest BCUT2D eigenvalue weighted by Gasteiger charge is 2.16. The van der Waals surface area contributed by atoms with Crippen LogP contribution in [0.3, 0.4) is 0 Å². The Morgan fingerprint density at radius 1 is 0.667 bits per heavy atom. The second kappa shape index (κ2) is 5.33. The van der Waals surface area contributed by atoms with Crippen LogP contribution in [0.2, 0.25) is 0 Å². The van der Waals surface area contributed by atoms with E-state index < -0.39 is 9.84 Å². The molecular formula is C14H16O3S. The molecule has 0 aromatic heterocycles. The zero-order chi connectivity index (χ0) is 12.5. The molecule has 2 rings (SSSR count). The SMILES string of the molecule is Cc1ccc(S(=O)(=O)c2ccc(C)cc2)cc1.O. The van der Waals surface area contributed by atoms with Gasteiger partial charge < -0.3 is 5.48 Å². The van der Waals surface area contributed by atoms with Gasteiger partial charge in [0.2, 0.25) is 9.84 Å². The van der Waals surface area contributed by atoms with Gasteiger partial charge >= 0.3 is 0 Å². The van der Waals surface area contributed by atoms with Gasteiger partial charge in [-0.25, -0.2) is 8.42 Å². The van der Waals surface area contributed by atoms with E-state index in [2.05, 4.69) is 0 Å². The molecule has 3 nitrogen and oxygen atoms in total. The topological polar surface area (TPSA) is 65.6 Å². The molecule has 0 bridgehead atoms. The lowest BCUT2D eigenvalue weighted by molar-refractivity contribution is 0.596. The Balaban J connectivity index is 0.00000162. The molecular weight excluding hydrogens is 248 g/mol. The predicted octanol–water partition coefficient (Wildman–Crippen LogP) is 2.31. The average Bonchev–Trinajstić information content (AvgIpc) is 2.30. The molecule has 0 aliphatic heterocycles. The molecule has 0 spiro atoms. The maximum Gasteiger partial charge on any atom is 0.206 e. The number of aryl methyl sites for hydroxylation is 2. The van der Waals surface area contributed by atoms with E-state index in [-0.39, 0.29) is 5.48 Å². The number of benzene rings is 2. The molecule has 0 saturated carbocycles. The molecule has 0 aliphatic rings. The smallest absolute Gasteiger partial charge is 0.206 e. The minimum atomic E-state index is -3.37. The highest BCUT2D eigenvalue weighted by atomic mass is 32.2. The number of hydrogen-bond donors (Lipinski definition) is 0. The third-order valence-corrected chi connectivity index (χ3v) is 4.45. The third-order valence-electron chi connectivity index (χ3n) is 2.66. The lowest BCUT2D eigenvalue weighted by atomic mass is 10.2. The van der Waals surface area contributed by atoms with Crippen molar-refractivity contribution in [3.05, 3.63) is 59.7 Å². The van der Waals surface area contributed by atoms with E-state index in [4.69, 9.17) is 0 Å². The first-order chi connectivity index (χ1) is 8.00. The van der Waals surface area contributed by atoms with Crippen molar-refractivity contribution in [1.82, 2.24) is 0 Å². The zero-order valence-electron chi connectivity index (χ0n) is 10.3. The molecule has 0 aliphatic carbocycles. The summed E-state index contributed by atoms with van der Waals surface area (Å²) >= 11 is 0. The van der Waals surface area contributed by atoms with Gasteiger partial charge in [0.05, 0.1) is 9.79 Å². The van der Waals surface area contributed by atoms with Gasteiger partial charge in [-0.05, 0) is 38.1 Å². The highest BCUT2D eigenvalue weighted by molar-refractivity contribution is 7.91. The molecule has 0 saturated heterocycles. The summed E-state index contributed by atoms with van der Waals surface area (Å²) in [5, 5.41) is 0. The standard InChI is InChI=1S/C14H14O2S.H2O/c1-11-3-7-13(8-4-11)17(15,16)14-9-5-12(2)6-10-14;/h3-10H,1-2H3;1H2. The van der Waals surface area contributed by atoms with Gasteiger partial charge in [0.25, 0.3) is 0 Å². The summed E-state index contributed by atoms with van der Waals surface area (Å²) in [5.74, 6) is 0. The summed E-state index contributed by atoms with van der Waals surface area (Å²) in [7, 11) is -3.37. The monoisotopic (exact) mass is 264 g/mol. The molecule has 0 amide bonds. The van der Waals surface area contributed by atoms with Gasteiger partial charge in [0, 0.05) is 0 Å². The lowest BCUT2D eigenvalue weighted by Gasteiger charge is -2.05. The summed E-state index contributed by atoms with van der Waals surface area (Å²) in [6.07, 6.45) is 0. The fourth-order valence-electron chi connectivity index (χ4n) is 1.57. The Labute approximate surface area is 107 Å². The summed E-state index contributed by atoms with van der Waals surface area (Å²) in [6.45, 7) is 3.87. The van der Waals surface area contributed by atoms with Crippen LogP contribution in [-0.2, 0) is 9.84 Å². The van der Waals surface area contributed by atoms with Crippen molar-refractivity contribution in [2.24, 2.45) is 0 Å². The summed E-state index contributed by atoms with van der Waals surface area (Å²) in [4.78, 5) is 0.680. The van der Waals surface area contributed by atoms with E-state index in [0.717, 1.165) is 11.1 Å². The van der Waals surface area contributed by atoms with Crippen molar-refractivity contribution in [1.29, 1.82) is 0 Å².